The predicted molar refractivity (Wildman–Crippen MR) is 117 cm³/mol. The zero-order chi connectivity index (χ0) is 19.2. The maximum absolute atomic E-state index is 12.0. The lowest BCUT2D eigenvalue weighted by Crippen LogP contribution is -2.32. The van der Waals surface area contributed by atoms with Crippen LogP contribution in [0.15, 0.2) is 75.6 Å². The molecule has 4 nitrogen and oxygen atoms in total. The quantitative estimate of drug-likeness (QED) is 0.376. The predicted octanol–water partition coefficient (Wildman–Crippen LogP) is 5.89. The number of halogens is 2. The standard InChI is InChI=1S/C20H14BrClN2O2S/c21-16-3-1-2-4-17(16)23-20(27)24-19(25)12-10-15-9-11-18(26-15)13-5-7-14(22)8-6-13/h1-12H,(H2,23,24,25,27). The van der Waals surface area contributed by atoms with E-state index in [0.717, 1.165) is 15.7 Å². The van der Waals surface area contributed by atoms with Gasteiger partial charge in [0.25, 0.3) is 0 Å². The Bertz CT molecular complexity index is 999. The van der Waals surface area contributed by atoms with Crippen LogP contribution in [0, 0.1) is 0 Å². The SMILES string of the molecule is O=C(C=Cc1ccc(-c2ccc(Cl)cc2)o1)NC(=S)Nc1ccccc1Br. The van der Waals surface area contributed by atoms with Crippen LogP contribution in [0.4, 0.5) is 5.69 Å². The Labute approximate surface area is 175 Å². The number of para-hydroxylation sites is 1. The molecule has 0 fully saturated rings. The van der Waals surface area contributed by atoms with Crippen molar-refractivity contribution in [3.05, 3.63) is 82.0 Å². The molecule has 0 unspecified atom stereocenters. The van der Waals surface area contributed by atoms with Crippen molar-refractivity contribution in [2.75, 3.05) is 5.32 Å². The highest BCUT2D eigenvalue weighted by Gasteiger charge is 2.06. The zero-order valence-electron chi connectivity index (χ0n) is 13.9. The van der Waals surface area contributed by atoms with Gasteiger partial charge in [-0.3, -0.25) is 10.1 Å². The number of amides is 1. The normalized spacial score (nSPS) is 10.7. The number of furan rings is 1. The Morgan fingerprint density at radius 2 is 1.81 bits per heavy atom. The molecule has 27 heavy (non-hydrogen) atoms. The first-order valence-corrected chi connectivity index (χ1v) is 9.49. The van der Waals surface area contributed by atoms with Crippen molar-refractivity contribution in [3.8, 4) is 11.3 Å². The Balaban J connectivity index is 1.58. The van der Waals surface area contributed by atoms with Gasteiger partial charge in [0.2, 0.25) is 5.91 Å². The second-order valence-electron chi connectivity index (χ2n) is 5.47. The summed E-state index contributed by atoms with van der Waals surface area (Å²) in [5, 5.41) is 6.41. The first-order chi connectivity index (χ1) is 13.0. The highest BCUT2D eigenvalue weighted by Crippen LogP contribution is 2.24. The summed E-state index contributed by atoms with van der Waals surface area (Å²) < 4.78 is 6.56. The third-order valence-corrected chi connectivity index (χ3v) is 4.66. The number of benzene rings is 2. The van der Waals surface area contributed by atoms with Crippen LogP contribution in [0.25, 0.3) is 17.4 Å². The van der Waals surface area contributed by atoms with Crippen molar-refractivity contribution in [1.29, 1.82) is 0 Å². The van der Waals surface area contributed by atoms with E-state index in [9.17, 15) is 4.79 Å². The van der Waals surface area contributed by atoms with E-state index in [1.807, 2.05) is 42.5 Å². The molecule has 2 aromatic carbocycles. The van der Waals surface area contributed by atoms with Gasteiger partial charge in [0.15, 0.2) is 5.11 Å². The molecule has 0 aliphatic carbocycles. The van der Waals surface area contributed by atoms with Crippen molar-refractivity contribution in [3.63, 3.8) is 0 Å². The van der Waals surface area contributed by atoms with Crippen LogP contribution in [-0.2, 0) is 4.79 Å². The summed E-state index contributed by atoms with van der Waals surface area (Å²) in [4.78, 5) is 12.0. The molecule has 0 bridgehead atoms. The largest absolute Gasteiger partial charge is 0.457 e. The molecule has 0 spiro atoms. The number of nitrogens with one attached hydrogen (secondary N) is 2. The smallest absolute Gasteiger partial charge is 0.250 e. The van der Waals surface area contributed by atoms with Crippen molar-refractivity contribution in [2.45, 2.75) is 0 Å². The fourth-order valence-electron chi connectivity index (χ4n) is 2.24. The van der Waals surface area contributed by atoms with E-state index in [4.69, 9.17) is 28.2 Å². The lowest BCUT2D eigenvalue weighted by Gasteiger charge is -2.09. The number of carbonyl (C=O) groups excluding carboxylic acids is 1. The summed E-state index contributed by atoms with van der Waals surface area (Å²) in [6, 6.07) is 18.4. The molecule has 3 aromatic rings. The minimum Gasteiger partial charge on any atom is -0.457 e. The van der Waals surface area contributed by atoms with Crippen molar-refractivity contribution in [1.82, 2.24) is 5.32 Å². The Morgan fingerprint density at radius 1 is 1.07 bits per heavy atom. The molecule has 0 aliphatic heterocycles. The van der Waals surface area contributed by atoms with E-state index in [2.05, 4.69) is 26.6 Å². The molecule has 1 heterocycles. The van der Waals surface area contributed by atoms with Gasteiger partial charge in [-0.25, -0.2) is 0 Å². The zero-order valence-corrected chi connectivity index (χ0v) is 17.1. The first kappa shape index (κ1) is 19.4. The van der Waals surface area contributed by atoms with Crippen LogP contribution in [0.2, 0.25) is 5.02 Å². The maximum atomic E-state index is 12.0. The topological polar surface area (TPSA) is 54.3 Å². The molecule has 0 saturated heterocycles. The van der Waals surface area contributed by atoms with E-state index < -0.39 is 0 Å². The van der Waals surface area contributed by atoms with Gasteiger partial charge in [0.1, 0.15) is 11.5 Å². The number of anilines is 1. The summed E-state index contributed by atoms with van der Waals surface area (Å²) in [6.07, 6.45) is 2.94. The fourth-order valence-corrected chi connectivity index (χ4v) is 2.96. The second kappa shape index (κ2) is 8.99. The van der Waals surface area contributed by atoms with Gasteiger partial charge in [-0.15, -0.1) is 0 Å². The van der Waals surface area contributed by atoms with E-state index in [-0.39, 0.29) is 11.0 Å². The summed E-state index contributed by atoms with van der Waals surface area (Å²) in [7, 11) is 0. The van der Waals surface area contributed by atoms with Crippen LogP contribution >= 0.6 is 39.7 Å². The van der Waals surface area contributed by atoms with E-state index in [0.29, 0.717) is 16.5 Å². The molecule has 1 amide bonds. The summed E-state index contributed by atoms with van der Waals surface area (Å²) in [6.45, 7) is 0. The van der Waals surface area contributed by atoms with Crippen molar-refractivity contribution < 1.29 is 9.21 Å². The average Bonchev–Trinajstić information content (AvgIpc) is 3.11. The van der Waals surface area contributed by atoms with Gasteiger partial charge in [-0.05, 0) is 82.8 Å². The summed E-state index contributed by atoms with van der Waals surface area (Å²) >= 11 is 14.4. The van der Waals surface area contributed by atoms with Crippen molar-refractivity contribution in [2.24, 2.45) is 0 Å². The van der Waals surface area contributed by atoms with Gasteiger partial charge in [0, 0.05) is 21.1 Å². The lowest BCUT2D eigenvalue weighted by atomic mass is 10.2. The minimum atomic E-state index is -0.357. The summed E-state index contributed by atoms with van der Waals surface area (Å²) in [5.74, 6) is 0.890. The third kappa shape index (κ3) is 5.53. The number of hydrogen-bond donors (Lipinski definition) is 2. The fraction of sp³-hybridized carbons (Fsp3) is 0. The monoisotopic (exact) mass is 460 g/mol. The number of thiocarbonyl (C=S) groups is 1. The molecule has 136 valence electrons. The van der Waals surface area contributed by atoms with Crippen LogP contribution in [0.1, 0.15) is 5.76 Å². The molecular weight excluding hydrogens is 448 g/mol. The van der Waals surface area contributed by atoms with Gasteiger partial charge in [-0.1, -0.05) is 23.7 Å². The Hall–Kier alpha value is -2.41. The minimum absolute atomic E-state index is 0.206. The van der Waals surface area contributed by atoms with Gasteiger partial charge in [-0.2, -0.15) is 0 Å². The molecule has 3 rings (SSSR count). The highest BCUT2D eigenvalue weighted by molar-refractivity contribution is 9.10. The maximum Gasteiger partial charge on any atom is 0.250 e. The first-order valence-electron chi connectivity index (χ1n) is 7.91. The number of hydrogen-bond acceptors (Lipinski definition) is 3. The van der Waals surface area contributed by atoms with Crippen LogP contribution in [0.5, 0.6) is 0 Å². The molecule has 2 N–H and O–H groups in total. The van der Waals surface area contributed by atoms with E-state index in [1.54, 1.807) is 24.3 Å². The molecule has 1 aromatic heterocycles. The molecule has 0 atom stereocenters. The molecular formula is C20H14BrClN2O2S. The van der Waals surface area contributed by atoms with Gasteiger partial charge in [0.05, 0.1) is 5.69 Å². The second-order valence-corrected chi connectivity index (χ2v) is 7.16. The van der Waals surface area contributed by atoms with Crippen molar-refractivity contribution >= 4 is 62.5 Å². The average molecular weight is 462 g/mol. The molecule has 0 aliphatic rings. The third-order valence-electron chi connectivity index (χ3n) is 3.51. The lowest BCUT2D eigenvalue weighted by molar-refractivity contribution is -0.115. The molecule has 0 saturated carbocycles. The summed E-state index contributed by atoms with van der Waals surface area (Å²) in [5.41, 5.74) is 1.67. The van der Waals surface area contributed by atoms with E-state index >= 15 is 0 Å². The highest BCUT2D eigenvalue weighted by atomic mass is 79.9. The Morgan fingerprint density at radius 3 is 2.56 bits per heavy atom. The van der Waals surface area contributed by atoms with Crippen LogP contribution in [0.3, 0.4) is 0 Å². The molecule has 7 heteroatoms. The van der Waals surface area contributed by atoms with Gasteiger partial charge >= 0.3 is 0 Å². The van der Waals surface area contributed by atoms with Crippen LogP contribution < -0.4 is 10.6 Å². The van der Waals surface area contributed by atoms with Crippen LogP contribution in [-0.4, -0.2) is 11.0 Å². The number of carbonyl (C=O) groups is 1. The van der Waals surface area contributed by atoms with E-state index in [1.165, 1.54) is 6.08 Å². The number of rotatable bonds is 4. The van der Waals surface area contributed by atoms with Gasteiger partial charge < -0.3 is 9.73 Å². The molecule has 0 radical (unpaired) electrons. The Kier molecular flexibility index (Phi) is 6.45.